The quantitative estimate of drug-likeness (QED) is 0.522. The van der Waals surface area contributed by atoms with Gasteiger partial charge in [-0.05, 0) is 17.9 Å². The van der Waals surface area contributed by atoms with E-state index in [9.17, 15) is 19.5 Å². The van der Waals surface area contributed by atoms with Crippen LogP contribution in [0.1, 0.15) is 20.3 Å². The molecule has 6 nitrogen and oxygen atoms in total. The Morgan fingerprint density at radius 1 is 1.56 bits per heavy atom. The van der Waals surface area contributed by atoms with E-state index in [0.29, 0.717) is 12.0 Å². The highest BCUT2D eigenvalue weighted by atomic mass is 16.4. The molecule has 2 saturated heterocycles. The molecule has 0 aromatic carbocycles. The fourth-order valence-electron chi connectivity index (χ4n) is 2.85. The number of nitrogens with zero attached hydrogens (tertiary/aromatic N) is 1. The summed E-state index contributed by atoms with van der Waals surface area (Å²) in [5.74, 6) is -1.67. The Morgan fingerprint density at radius 2 is 2.17 bits per heavy atom. The number of fused-ring (bicyclic) bond motifs is 1. The molecule has 0 radical (unpaired) electrons. The molecule has 2 aliphatic rings. The van der Waals surface area contributed by atoms with Gasteiger partial charge in [0.25, 0.3) is 5.91 Å². The molecule has 6 heteroatoms. The van der Waals surface area contributed by atoms with E-state index in [-0.39, 0.29) is 24.3 Å². The lowest BCUT2D eigenvalue weighted by Gasteiger charge is -2.40. The number of ketones is 1. The summed E-state index contributed by atoms with van der Waals surface area (Å²) in [7, 11) is 0. The first-order valence-electron chi connectivity index (χ1n) is 5.79. The van der Waals surface area contributed by atoms with Crippen molar-refractivity contribution in [3.05, 3.63) is 11.6 Å². The normalized spacial score (nSPS) is 31.2. The average Bonchev–Trinajstić information content (AvgIpc) is 2.54. The van der Waals surface area contributed by atoms with E-state index in [1.54, 1.807) is 0 Å². The minimum Gasteiger partial charge on any atom is -0.480 e. The van der Waals surface area contributed by atoms with Crippen molar-refractivity contribution in [2.45, 2.75) is 32.4 Å². The molecule has 18 heavy (non-hydrogen) atoms. The van der Waals surface area contributed by atoms with Crippen molar-refractivity contribution in [3.63, 3.8) is 0 Å². The molecule has 0 aromatic rings. The highest BCUT2D eigenvalue weighted by Crippen LogP contribution is 2.48. The number of aliphatic carboxylic acids is 1. The maximum Gasteiger partial charge on any atom is 0.327 e. The summed E-state index contributed by atoms with van der Waals surface area (Å²) in [6.07, 6.45) is 1.81. The van der Waals surface area contributed by atoms with Gasteiger partial charge < -0.3 is 15.7 Å². The zero-order chi connectivity index (χ0) is 13.7. The summed E-state index contributed by atoms with van der Waals surface area (Å²) in [4.78, 5) is 35.7. The van der Waals surface area contributed by atoms with E-state index >= 15 is 0 Å². The molecule has 0 bridgehead atoms. The van der Waals surface area contributed by atoms with Crippen molar-refractivity contribution in [1.82, 2.24) is 4.90 Å². The highest BCUT2D eigenvalue weighted by Gasteiger charge is 2.60. The first-order chi connectivity index (χ1) is 8.29. The molecule has 0 spiro atoms. The molecule has 2 rings (SSSR count). The Kier molecular flexibility index (Phi) is 2.77. The molecule has 2 atom stereocenters. The van der Waals surface area contributed by atoms with Gasteiger partial charge in [-0.1, -0.05) is 13.8 Å². The van der Waals surface area contributed by atoms with Crippen LogP contribution in [0, 0.1) is 5.41 Å². The first-order valence-corrected chi connectivity index (χ1v) is 5.79. The molecule has 2 heterocycles. The lowest BCUT2D eigenvalue weighted by atomic mass is 9.83. The van der Waals surface area contributed by atoms with Crippen LogP contribution in [-0.4, -0.2) is 46.3 Å². The number of rotatable bonds is 3. The minimum absolute atomic E-state index is 0.144. The predicted molar refractivity (Wildman–Crippen MR) is 62.6 cm³/mol. The Hall–Kier alpha value is -1.69. The number of carbonyl (C=O) groups excluding carboxylic acids is 2. The molecule has 0 aliphatic carbocycles. The fraction of sp³-hybridized carbons (Fsp3) is 0.583. The van der Waals surface area contributed by atoms with Gasteiger partial charge in [-0.25, -0.2) is 4.79 Å². The number of carbonyl (C=O) groups is 3. The van der Waals surface area contributed by atoms with Crippen molar-refractivity contribution in [2.75, 3.05) is 6.54 Å². The van der Waals surface area contributed by atoms with Crippen molar-refractivity contribution in [2.24, 2.45) is 11.1 Å². The van der Waals surface area contributed by atoms with E-state index in [1.165, 1.54) is 11.0 Å². The number of hydrogen-bond acceptors (Lipinski definition) is 4. The molecular weight excluding hydrogens is 236 g/mol. The van der Waals surface area contributed by atoms with Crippen LogP contribution in [0.5, 0.6) is 0 Å². The third kappa shape index (κ3) is 1.64. The number of amides is 1. The smallest absolute Gasteiger partial charge is 0.327 e. The van der Waals surface area contributed by atoms with E-state index in [4.69, 9.17) is 5.73 Å². The zero-order valence-electron chi connectivity index (χ0n) is 10.3. The summed E-state index contributed by atoms with van der Waals surface area (Å²) < 4.78 is 0. The minimum atomic E-state index is -1.000. The Balaban J connectivity index is 2.30. The molecule has 1 amide bonds. The van der Waals surface area contributed by atoms with E-state index in [1.807, 2.05) is 13.8 Å². The van der Waals surface area contributed by atoms with Crippen LogP contribution >= 0.6 is 0 Å². The summed E-state index contributed by atoms with van der Waals surface area (Å²) >= 11 is 0. The monoisotopic (exact) mass is 252 g/mol. The van der Waals surface area contributed by atoms with Gasteiger partial charge in [-0.15, -0.1) is 0 Å². The van der Waals surface area contributed by atoms with Crippen LogP contribution < -0.4 is 5.73 Å². The van der Waals surface area contributed by atoms with Gasteiger partial charge in [-0.2, -0.15) is 0 Å². The third-order valence-corrected chi connectivity index (χ3v) is 3.67. The van der Waals surface area contributed by atoms with Gasteiger partial charge in [0.05, 0.1) is 12.6 Å². The number of carboxylic acids is 1. The zero-order valence-corrected chi connectivity index (χ0v) is 10.3. The number of β-lactam (4-membered cyclic amide) rings is 1. The number of hydrogen-bond donors (Lipinski definition) is 2. The first kappa shape index (κ1) is 12.8. The maximum absolute atomic E-state index is 11.9. The fourth-order valence-corrected chi connectivity index (χ4v) is 2.85. The second-order valence-corrected chi connectivity index (χ2v) is 5.43. The van der Waals surface area contributed by atoms with Crippen molar-refractivity contribution in [1.29, 1.82) is 0 Å². The van der Waals surface area contributed by atoms with Crippen LogP contribution in [0.3, 0.4) is 0 Å². The molecule has 1 unspecified atom stereocenters. The molecule has 2 fully saturated rings. The van der Waals surface area contributed by atoms with E-state index < -0.39 is 17.4 Å². The SMILES string of the molecule is CC1(C)CC2/C(=C\C(=O)CN)C(=O)N2[C@H]1C(=O)O. The molecule has 3 N–H and O–H groups in total. The van der Waals surface area contributed by atoms with Gasteiger partial charge in [-0.3, -0.25) is 9.59 Å². The van der Waals surface area contributed by atoms with Crippen molar-refractivity contribution in [3.8, 4) is 0 Å². The molecule has 0 aromatic heterocycles. The molecular formula is C12H16N2O4. The van der Waals surface area contributed by atoms with Crippen molar-refractivity contribution >= 4 is 17.7 Å². The Bertz CT molecular complexity index is 467. The predicted octanol–water partition coefficient (Wildman–Crippen LogP) is -0.465. The number of carboxylic acid groups (broad SMARTS) is 1. The van der Waals surface area contributed by atoms with Crippen LogP contribution in [0.25, 0.3) is 0 Å². The maximum atomic E-state index is 11.9. The van der Waals surface area contributed by atoms with Gasteiger partial charge in [0.15, 0.2) is 5.78 Å². The average molecular weight is 252 g/mol. The van der Waals surface area contributed by atoms with Crippen molar-refractivity contribution < 1.29 is 19.5 Å². The van der Waals surface area contributed by atoms with Crippen LogP contribution in [0.15, 0.2) is 11.6 Å². The highest BCUT2D eigenvalue weighted by molar-refractivity contribution is 6.09. The van der Waals surface area contributed by atoms with Crippen LogP contribution in [0.2, 0.25) is 0 Å². The second kappa shape index (κ2) is 3.91. The summed E-state index contributed by atoms with van der Waals surface area (Å²) in [6, 6.07) is -1.08. The van der Waals surface area contributed by atoms with Crippen LogP contribution in [0.4, 0.5) is 0 Å². The van der Waals surface area contributed by atoms with Gasteiger partial charge in [0.1, 0.15) is 6.04 Å². The second-order valence-electron chi connectivity index (χ2n) is 5.43. The Labute approximate surface area is 104 Å². The molecule has 2 aliphatic heterocycles. The standard InChI is InChI=1S/C12H16N2O4/c1-12(2)4-8-7(3-6(15)5-13)10(16)14(8)9(12)11(17)18/h3,8-9H,4-5,13H2,1-2H3,(H,17,18)/b7-3+/t8?,9-/m0/s1. The van der Waals surface area contributed by atoms with Gasteiger partial charge >= 0.3 is 5.97 Å². The van der Waals surface area contributed by atoms with Gasteiger partial charge in [0, 0.05) is 5.57 Å². The Morgan fingerprint density at radius 3 is 2.67 bits per heavy atom. The lowest BCUT2D eigenvalue weighted by molar-refractivity contribution is -0.154. The number of nitrogens with two attached hydrogens (primary N) is 1. The topological polar surface area (TPSA) is 101 Å². The lowest BCUT2D eigenvalue weighted by Crippen LogP contribution is -2.58. The van der Waals surface area contributed by atoms with Gasteiger partial charge in [0.2, 0.25) is 0 Å². The summed E-state index contributed by atoms with van der Waals surface area (Å²) in [5, 5.41) is 9.20. The van der Waals surface area contributed by atoms with Crippen LogP contribution in [-0.2, 0) is 14.4 Å². The third-order valence-electron chi connectivity index (χ3n) is 3.67. The van der Waals surface area contributed by atoms with E-state index in [2.05, 4.69) is 0 Å². The summed E-state index contributed by atoms with van der Waals surface area (Å²) in [5.41, 5.74) is 5.10. The largest absolute Gasteiger partial charge is 0.480 e. The van der Waals surface area contributed by atoms with E-state index in [0.717, 1.165) is 0 Å². The molecule has 98 valence electrons. The molecule has 0 saturated carbocycles. The summed E-state index contributed by atoms with van der Waals surface area (Å²) in [6.45, 7) is 3.49.